The number of hydrogen-bond acceptors (Lipinski definition) is 5. The molecular formula is C16H24FNO5. The second-order valence-electron chi connectivity index (χ2n) is 6.23. The van der Waals surface area contributed by atoms with Crippen molar-refractivity contribution in [3.05, 3.63) is 35.1 Å². The Kier molecular flexibility index (Phi) is 6.93. The van der Waals surface area contributed by atoms with Gasteiger partial charge in [-0.2, -0.15) is 0 Å². The van der Waals surface area contributed by atoms with E-state index in [0.717, 1.165) is 12.1 Å². The SMILES string of the molecule is CC(C)(C)OC(=O)NCCC(O)C(O)c1ccc(F)cc1CO. The lowest BCUT2D eigenvalue weighted by atomic mass is 9.97. The largest absolute Gasteiger partial charge is 0.444 e. The first-order valence-electron chi connectivity index (χ1n) is 7.36. The van der Waals surface area contributed by atoms with Gasteiger partial charge in [-0.1, -0.05) is 6.07 Å². The lowest BCUT2D eigenvalue weighted by molar-refractivity contribution is 0.0112. The third kappa shape index (κ3) is 6.52. The molecule has 0 aliphatic carbocycles. The molecule has 0 aromatic heterocycles. The van der Waals surface area contributed by atoms with Gasteiger partial charge in [0.15, 0.2) is 0 Å². The fraction of sp³-hybridized carbons (Fsp3) is 0.562. The van der Waals surface area contributed by atoms with Crippen LogP contribution in [0, 0.1) is 5.82 Å². The summed E-state index contributed by atoms with van der Waals surface area (Å²) >= 11 is 0. The molecule has 2 unspecified atom stereocenters. The second kappa shape index (κ2) is 8.24. The van der Waals surface area contributed by atoms with Crippen molar-refractivity contribution in [2.75, 3.05) is 6.54 Å². The Balaban J connectivity index is 2.55. The van der Waals surface area contributed by atoms with Crippen molar-refractivity contribution in [3.8, 4) is 0 Å². The van der Waals surface area contributed by atoms with Gasteiger partial charge >= 0.3 is 6.09 Å². The van der Waals surface area contributed by atoms with Crippen LogP contribution < -0.4 is 5.32 Å². The first-order chi connectivity index (χ1) is 10.6. The minimum atomic E-state index is -1.29. The standard InChI is InChI=1S/C16H24FNO5/c1-16(2,3)23-15(22)18-7-6-13(20)14(21)12-5-4-11(17)8-10(12)9-19/h4-5,8,13-14,19-21H,6-7,9H2,1-3H3,(H,18,22). The highest BCUT2D eigenvalue weighted by Gasteiger charge is 2.22. The topological polar surface area (TPSA) is 99.0 Å². The van der Waals surface area contributed by atoms with Gasteiger partial charge in [0.2, 0.25) is 0 Å². The molecule has 1 aromatic carbocycles. The Labute approximate surface area is 134 Å². The minimum absolute atomic E-state index is 0.0721. The molecule has 0 saturated heterocycles. The summed E-state index contributed by atoms with van der Waals surface area (Å²) in [6.45, 7) is 4.85. The molecule has 7 heteroatoms. The van der Waals surface area contributed by atoms with Gasteiger partial charge in [-0.05, 0) is 50.5 Å². The van der Waals surface area contributed by atoms with Crippen LogP contribution in [0.4, 0.5) is 9.18 Å². The Morgan fingerprint density at radius 2 is 2.00 bits per heavy atom. The molecule has 4 N–H and O–H groups in total. The van der Waals surface area contributed by atoms with Crippen molar-refractivity contribution in [3.63, 3.8) is 0 Å². The molecule has 0 saturated carbocycles. The van der Waals surface area contributed by atoms with E-state index in [4.69, 9.17) is 4.74 Å². The van der Waals surface area contributed by atoms with Gasteiger partial charge in [-0.25, -0.2) is 9.18 Å². The summed E-state index contributed by atoms with van der Waals surface area (Å²) in [6.07, 6.45) is -3.02. The molecule has 23 heavy (non-hydrogen) atoms. The van der Waals surface area contributed by atoms with E-state index in [2.05, 4.69) is 5.32 Å². The van der Waals surface area contributed by atoms with Crippen LogP contribution in [0.5, 0.6) is 0 Å². The van der Waals surface area contributed by atoms with E-state index in [1.807, 2.05) is 0 Å². The van der Waals surface area contributed by atoms with Crippen molar-refractivity contribution in [2.24, 2.45) is 0 Å². The summed E-state index contributed by atoms with van der Waals surface area (Å²) in [5, 5.41) is 31.8. The molecule has 0 spiro atoms. The van der Waals surface area contributed by atoms with Gasteiger partial charge in [-0.15, -0.1) is 0 Å². The lowest BCUT2D eigenvalue weighted by Crippen LogP contribution is -2.34. The number of aliphatic hydroxyl groups is 3. The quantitative estimate of drug-likeness (QED) is 0.636. The third-order valence-electron chi connectivity index (χ3n) is 3.07. The van der Waals surface area contributed by atoms with Gasteiger partial charge in [0.25, 0.3) is 0 Å². The van der Waals surface area contributed by atoms with Crippen LogP contribution in [0.2, 0.25) is 0 Å². The molecule has 1 amide bonds. The van der Waals surface area contributed by atoms with Crippen LogP contribution in [0.25, 0.3) is 0 Å². The predicted octanol–water partition coefficient (Wildman–Crippen LogP) is 1.63. The molecule has 0 aliphatic heterocycles. The predicted molar refractivity (Wildman–Crippen MR) is 82.1 cm³/mol. The molecule has 0 bridgehead atoms. The molecule has 1 rings (SSSR count). The highest BCUT2D eigenvalue weighted by Crippen LogP contribution is 2.23. The Morgan fingerprint density at radius 3 is 2.57 bits per heavy atom. The summed E-state index contributed by atoms with van der Waals surface area (Å²) < 4.78 is 18.2. The highest BCUT2D eigenvalue weighted by atomic mass is 19.1. The number of carbonyl (C=O) groups is 1. The second-order valence-corrected chi connectivity index (χ2v) is 6.23. The zero-order valence-corrected chi connectivity index (χ0v) is 13.5. The number of aliphatic hydroxyl groups excluding tert-OH is 3. The van der Waals surface area contributed by atoms with Crippen LogP contribution in [0.1, 0.15) is 44.4 Å². The number of hydrogen-bond donors (Lipinski definition) is 4. The normalized spacial score (nSPS) is 14.2. The Morgan fingerprint density at radius 1 is 1.35 bits per heavy atom. The van der Waals surface area contributed by atoms with Crippen molar-refractivity contribution < 1.29 is 29.2 Å². The molecule has 130 valence electrons. The van der Waals surface area contributed by atoms with Gasteiger partial charge in [0.1, 0.15) is 17.5 Å². The van der Waals surface area contributed by atoms with Gasteiger partial charge in [0, 0.05) is 6.54 Å². The molecule has 0 fully saturated rings. The number of amides is 1. The zero-order valence-electron chi connectivity index (χ0n) is 13.5. The van der Waals surface area contributed by atoms with Gasteiger partial charge in [0.05, 0.1) is 12.7 Å². The molecule has 0 radical (unpaired) electrons. The summed E-state index contributed by atoms with van der Waals surface area (Å²) in [5.41, 5.74) is -0.165. The van der Waals surface area contributed by atoms with Crippen LogP contribution in [0.3, 0.4) is 0 Å². The fourth-order valence-corrected chi connectivity index (χ4v) is 2.00. The summed E-state index contributed by atoms with van der Waals surface area (Å²) in [5.74, 6) is -0.536. The van der Waals surface area contributed by atoms with Crippen LogP contribution in [-0.4, -0.2) is 39.7 Å². The Bertz CT molecular complexity index is 530. The van der Waals surface area contributed by atoms with E-state index in [-0.39, 0.29) is 24.1 Å². The summed E-state index contributed by atoms with van der Waals surface area (Å²) in [6, 6.07) is 3.56. The number of alkyl carbamates (subject to hydrolysis) is 1. The number of benzene rings is 1. The molecule has 0 aliphatic rings. The number of halogens is 1. The number of nitrogens with one attached hydrogen (secondary N) is 1. The number of carbonyl (C=O) groups excluding carboxylic acids is 1. The van der Waals surface area contributed by atoms with Gasteiger partial charge < -0.3 is 25.4 Å². The van der Waals surface area contributed by atoms with E-state index in [9.17, 15) is 24.5 Å². The van der Waals surface area contributed by atoms with E-state index in [1.54, 1.807) is 20.8 Å². The first kappa shape index (κ1) is 19.3. The smallest absolute Gasteiger partial charge is 0.407 e. The number of ether oxygens (including phenoxy) is 1. The first-order valence-corrected chi connectivity index (χ1v) is 7.36. The van der Waals surface area contributed by atoms with Crippen molar-refractivity contribution in [1.82, 2.24) is 5.32 Å². The van der Waals surface area contributed by atoms with Crippen molar-refractivity contribution in [1.29, 1.82) is 0 Å². The van der Waals surface area contributed by atoms with Crippen LogP contribution in [-0.2, 0) is 11.3 Å². The van der Waals surface area contributed by atoms with E-state index < -0.39 is 36.3 Å². The molecule has 0 heterocycles. The average molecular weight is 329 g/mol. The zero-order chi connectivity index (χ0) is 17.6. The molecule has 6 nitrogen and oxygen atoms in total. The maximum absolute atomic E-state index is 13.1. The number of rotatable bonds is 6. The minimum Gasteiger partial charge on any atom is -0.444 e. The van der Waals surface area contributed by atoms with Crippen molar-refractivity contribution >= 4 is 6.09 Å². The molecular weight excluding hydrogens is 305 g/mol. The summed E-state index contributed by atoms with van der Waals surface area (Å²) in [7, 11) is 0. The monoisotopic (exact) mass is 329 g/mol. The molecule has 1 aromatic rings. The van der Waals surface area contributed by atoms with Crippen LogP contribution in [0.15, 0.2) is 18.2 Å². The van der Waals surface area contributed by atoms with Gasteiger partial charge in [-0.3, -0.25) is 0 Å². The van der Waals surface area contributed by atoms with E-state index >= 15 is 0 Å². The third-order valence-corrected chi connectivity index (χ3v) is 3.07. The van der Waals surface area contributed by atoms with E-state index in [1.165, 1.54) is 6.07 Å². The highest BCUT2D eigenvalue weighted by molar-refractivity contribution is 5.67. The lowest BCUT2D eigenvalue weighted by Gasteiger charge is -2.22. The summed E-state index contributed by atoms with van der Waals surface area (Å²) in [4.78, 5) is 11.5. The van der Waals surface area contributed by atoms with Crippen LogP contribution >= 0.6 is 0 Å². The Hall–Kier alpha value is -1.70. The fourth-order valence-electron chi connectivity index (χ4n) is 2.00. The van der Waals surface area contributed by atoms with Crippen molar-refractivity contribution in [2.45, 2.75) is 51.6 Å². The van der Waals surface area contributed by atoms with E-state index in [0.29, 0.717) is 0 Å². The maximum Gasteiger partial charge on any atom is 0.407 e. The maximum atomic E-state index is 13.1. The molecule has 2 atom stereocenters. The average Bonchev–Trinajstić information content (AvgIpc) is 2.44.